The standard InChI is InChI=1S/C18H14IN3O2/c19-13-6-4-11(5-7-13)16-15-8-9-20-17(15)22(21-16)14-3-1-2-12(10-14)18(23)24/h1-7,10,20H,8-9H2,(H,23,24). The molecule has 0 saturated carbocycles. The van der Waals surface area contributed by atoms with E-state index in [4.69, 9.17) is 5.10 Å². The summed E-state index contributed by atoms with van der Waals surface area (Å²) in [6.45, 7) is 0.864. The number of rotatable bonds is 3. The van der Waals surface area contributed by atoms with Gasteiger partial charge >= 0.3 is 5.97 Å². The summed E-state index contributed by atoms with van der Waals surface area (Å²) in [6.07, 6.45) is 0.912. The van der Waals surface area contributed by atoms with Crippen LogP contribution < -0.4 is 5.32 Å². The predicted molar refractivity (Wildman–Crippen MR) is 101 cm³/mol. The van der Waals surface area contributed by atoms with Gasteiger partial charge in [0.25, 0.3) is 0 Å². The van der Waals surface area contributed by atoms with Crippen LogP contribution in [-0.2, 0) is 6.42 Å². The normalized spacial score (nSPS) is 12.7. The van der Waals surface area contributed by atoms with E-state index in [1.165, 1.54) is 9.13 Å². The van der Waals surface area contributed by atoms with Gasteiger partial charge in [-0.05, 0) is 59.3 Å². The SMILES string of the molecule is O=C(O)c1cccc(-n2nc(-c3ccc(I)cc3)c3c2NCC3)c1. The highest BCUT2D eigenvalue weighted by atomic mass is 127. The highest BCUT2D eigenvalue weighted by molar-refractivity contribution is 14.1. The van der Waals surface area contributed by atoms with E-state index in [0.29, 0.717) is 0 Å². The lowest BCUT2D eigenvalue weighted by atomic mass is 10.1. The Labute approximate surface area is 152 Å². The van der Waals surface area contributed by atoms with Gasteiger partial charge in [0.05, 0.1) is 16.9 Å². The van der Waals surface area contributed by atoms with Crippen molar-refractivity contribution in [2.75, 3.05) is 11.9 Å². The first kappa shape index (κ1) is 15.2. The van der Waals surface area contributed by atoms with Crippen molar-refractivity contribution in [2.24, 2.45) is 0 Å². The average molecular weight is 431 g/mol. The van der Waals surface area contributed by atoms with Gasteiger partial charge in [-0.3, -0.25) is 0 Å². The largest absolute Gasteiger partial charge is 0.478 e. The molecule has 120 valence electrons. The van der Waals surface area contributed by atoms with Crippen LogP contribution >= 0.6 is 22.6 Å². The number of aromatic carboxylic acids is 1. The average Bonchev–Trinajstić information content (AvgIpc) is 3.18. The molecule has 1 aliphatic rings. The van der Waals surface area contributed by atoms with E-state index >= 15 is 0 Å². The minimum atomic E-state index is -0.938. The number of fused-ring (bicyclic) bond motifs is 1. The summed E-state index contributed by atoms with van der Waals surface area (Å²) >= 11 is 2.28. The molecular formula is C18H14IN3O2. The zero-order chi connectivity index (χ0) is 16.7. The van der Waals surface area contributed by atoms with Crippen LogP contribution in [0.15, 0.2) is 48.5 Å². The molecule has 0 aliphatic carbocycles. The zero-order valence-electron chi connectivity index (χ0n) is 12.7. The van der Waals surface area contributed by atoms with Gasteiger partial charge in [-0.2, -0.15) is 5.10 Å². The van der Waals surface area contributed by atoms with E-state index in [-0.39, 0.29) is 5.56 Å². The van der Waals surface area contributed by atoms with Crippen molar-refractivity contribution >= 4 is 34.4 Å². The van der Waals surface area contributed by atoms with Gasteiger partial charge in [-0.15, -0.1) is 0 Å². The molecule has 0 radical (unpaired) electrons. The van der Waals surface area contributed by atoms with E-state index in [1.807, 2.05) is 10.7 Å². The summed E-state index contributed by atoms with van der Waals surface area (Å²) in [7, 11) is 0. The lowest BCUT2D eigenvalue weighted by Crippen LogP contribution is -2.05. The van der Waals surface area contributed by atoms with Gasteiger partial charge < -0.3 is 10.4 Å². The molecule has 0 spiro atoms. The Bertz CT molecular complexity index is 932. The minimum absolute atomic E-state index is 0.255. The predicted octanol–water partition coefficient (Wildman–Crippen LogP) is 3.81. The second-order valence-corrected chi connectivity index (χ2v) is 6.87. The molecular weight excluding hydrogens is 417 g/mol. The van der Waals surface area contributed by atoms with Crippen LogP contribution in [0.3, 0.4) is 0 Å². The monoisotopic (exact) mass is 431 g/mol. The molecule has 0 bridgehead atoms. The van der Waals surface area contributed by atoms with Crippen LogP contribution in [0.5, 0.6) is 0 Å². The zero-order valence-corrected chi connectivity index (χ0v) is 14.8. The fraction of sp³-hybridized carbons (Fsp3) is 0.111. The summed E-state index contributed by atoms with van der Waals surface area (Å²) in [5, 5.41) is 17.3. The van der Waals surface area contributed by atoms with Crippen molar-refractivity contribution in [1.82, 2.24) is 9.78 Å². The Balaban J connectivity index is 1.86. The van der Waals surface area contributed by atoms with E-state index in [0.717, 1.165) is 35.7 Å². The number of halogens is 1. The number of anilines is 1. The Kier molecular flexibility index (Phi) is 3.76. The summed E-state index contributed by atoms with van der Waals surface area (Å²) in [6, 6.07) is 15.1. The van der Waals surface area contributed by atoms with Crippen LogP contribution in [-0.4, -0.2) is 27.4 Å². The fourth-order valence-corrected chi connectivity index (χ4v) is 3.33. The second-order valence-electron chi connectivity index (χ2n) is 5.63. The van der Waals surface area contributed by atoms with Crippen molar-refractivity contribution in [1.29, 1.82) is 0 Å². The molecule has 1 aromatic heterocycles. The lowest BCUT2D eigenvalue weighted by Gasteiger charge is -2.07. The Hall–Kier alpha value is -2.35. The number of carboxylic acids is 1. The molecule has 2 aromatic carbocycles. The Morgan fingerprint density at radius 2 is 2.00 bits per heavy atom. The number of nitrogens with zero attached hydrogens (tertiary/aromatic N) is 2. The van der Waals surface area contributed by atoms with Gasteiger partial charge in [-0.1, -0.05) is 18.2 Å². The topological polar surface area (TPSA) is 67.1 Å². The Morgan fingerprint density at radius 1 is 1.21 bits per heavy atom. The molecule has 0 amide bonds. The molecule has 6 heteroatoms. The summed E-state index contributed by atoms with van der Waals surface area (Å²) < 4.78 is 2.99. The molecule has 0 atom stereocenters. The smallest absolute Gasteiger partial charge is 0.335 e. The molecule has 0 fully saturated rings. The summed E-state index contributed by atoms with van der Waals surface area (Å²) in [5.74, 6) is 0.0116. The fourth-order valence-electron chi connectivity index (χ4n) is 2.97. The van der Waals surface area contributed by atoms with E-state index in [2.05, 4.69) is 52.2 Å². The molecule has 2 N–H and O–H groups in total. The third-order valence-corrected chi connectivity index (χ3v) is 4.83. The maximum absolute atomic E-state index is 11.2. The molecule has 0 saturated heterocycles. The number of nitrogens with one attached hydrogen (secondary N) is 1. The molecule has 2 heterocycles. The van der Waals surface area contributed by atoms with Gasteiger partial charge in [0, 0.05) is 21.2 Å². The van der Waals surface area contributed by atoms with Gasteiger partial charge in [0.1, 0.15) is 5.82 Å². The number of hydrogen-bond acceptors (Lipinski definition) is 3. The third-order valence-electron chi connectivity index (χ3n) is 4.11. The quantitative estimate of drug-likeness (QED) is 0.620. The highest BCUT2D eigenvalue weighted by Gasteiger charge is 2.24. The van der Waals surface area contributed by atoms with Gasteiger partial charge in [-0.25, -0.2) is 9.48 Å². The van der Waals surface area contributed by atoms with Crippen molar-refractivity contribution in [3.63, 3.8) is 0 Å². The van der Waals surface area contributed by atoms with E-state index < -0.39 is 5.97 Å². The van der Waals surface area contributed by atoms with E-state index in [9.17, 15) is 9.90 Å². The molecule has 5 nitrogen and oxygen atoms in total. The third kappa shape index (κ3) is 2.56. The molecule has 24 heavy (non-hydrogen) atoms. The first-order valence-electron chi connectivity index (χ1n) is 7.59. The van der Waals surface area contributed by atoms with Crippen molar-refractivity contribution in [3.05, 3.63) is 63.2 Å². The highest BCUT2D eigenvalue weighted by Crippen LogP contribution is 2.34. The number of benzene rings is 2. The molecule has 3 aromatic rings. The number of aromatic nitrogens is 2. The minimum Gasteiger partial charge on any atom is -0.478 e. The maximum atomic E-state index is 11.2. The van der Waals surface area contributed by atoms with E-state index in [1.54, 1.807) is 18.2 Å². The number of carboxylic acid groups (broad SMARTS) is 1. The van der Waals surface area contributed by atoms with Crippen molar-refractivity contribution in [3.8, 4) is 16.9 Å². The van der Waals surface area contributed by atoms with Crippen molar-refractivity contribution in [2.45, 2.75) is 6.42 Å². The number of hydrogen-bond donors (Lipinski definition) is 2. The van der Waals surface area contributed by atoms with Crippen LogP contribution in [0.4, 0.5) is 5.82 Å². The second kappa shape index (κ2) is 5.94. The van der Waals surface area contributed by atoms with Gasteiger partial charge in [0.2, 0.25) is 0 Å². The lowest BCUT2D eigenvalue weighted by molar-refractivity contribution is 0.0697. The first-order chi connectivity index (χ1) is 11.6. The van der Waals surface area contributed by atoms with Gasteiger partial charge in [0.15, 0.2) is 0 Å². The number of carbonyl (C=O) groups is 1. The van der Waals surface area contributed by atoms with Crippen molar-refractivity contribution < 1.29 is 9.90 Å². The summed E-state index contributed by atoms with van der Waals surface area (Å²) in [5.41, 5.74) is 4.20. The maximum Gasteiger partial charge on any atom is 0.335 e. The molecule has 1 aliphatic heterocycles. The van der Waals surface area contributed by atoms with Crippen LogP contribution in [0.2, 0.25) is 0 Å². The first-order valence-corrected chi connectivity index (χ1v) is 8.67. The molecule has 0 unspecified atom stereocenters. The van der Waals surface area contributed by atoms with Crippen LogP contribution in [0.25, 0.3) is 16.9 Å². The Morgan fingerprint density at radius 3 is 2.75 bits per heavy atom. The van der Waals surface area contributed by atoms with Crippen LogP contribution in [0.1, 0.15) is 15.9 Å². The summed E-state index contributed by atoms with van der Waals surface area (Å²) in [4.78, 5) is 11.2. The molecule has 4 rings (SSSR count). The van der Waals surface area contributed by atoms with Crippen LogP contribution in [0, 0.1) is 3.57 Å².